The quantitative estimate of drug-likeness (QED) is 0.608. The molecule has 0 atom stereocenters. The Morgan fingerprint density at radius 2 is 1.29 bits per heavy atom. The highest BCUT2D eigenvalue weighted by Crippen LogP contribution is 2.63. The molecule has 4 aliphatic rings. The van der Waals surface area contributed by atoms with Crippen LogP contribution in [0.1, 0.15) is 52.4 Å². The van der Waals surface area contributed by atoms with Crippen molar-refractivity contribution >= 4 is 0 Å². The van der Waals surface area contributed by atoms with Crippen LogP contribution in [0.15, 0.2) is 0 Å². The van der Waals surface area contributed by atoms with Gasteiger partial charge in [0.2, 0.25) is 0 Å². The minimum atomic E-state index is -0.691. The Morgan fingerprint density at radius 1 is 0.929 bits per heavy atom. The van der Waals surface area contributed by atoms with Crippen LogP contribution in [0.25, 0.3) is 0 Å². The first-order valence-electron chi connectivity index (χ1n) is 6.19. The van der Waals surface area contributed by atoms with Gasteiger partial charge in [-0.1, -0.05) is 0 Å². The van der Waals surface area contributed by atoms with Crippen molar-refractivity contribution in [3.05, 3.63) is 0 Å². The maximum Gasteiger partial charge on any atom is 0.104 e. The summed E-state index contributed by atoms with van der Waals surface area (Å²) >= 11 is 0. The monoisotopic (exact) mass is 193 g/mol. The van der Waals surface area contributed by atoms with E-state index >= 15 is 0 Å². The number of rotatable bonds is 1. The van der Waals surface area contributed by atoms with Crippen LogP contribution in [-0.4, -0.2) is 5.60 Å². The SMILES string of the molecule is CC(C)([O])C12CC3CC(CC(C3)C1)C2. The van der Waals surface area contributed by atoms with Gasteiger partial charge in [-0.15, -0.1) is 0 Å². The highest BCUT2D eigenvalue weighted by atomic mass is 16.3. The molecule has 4 rings (SSSR count). The Labute approximate surface area is 86.9 Å². The second-order valence-corrected chi connectivity index (χ2v) is 6.71. The van der Waals surface area contributed by atoms with Crippen molar-refractivity contribution in [3.63, 3.8) is 0 Å². The van der Waals surface area contributed by atoms with Crippen molar-refractivity contribution in [2.24, 2.45) is 23.2 Å². The van der Waals surface area contributed by atoms with Crippen molar-refractivity contribution in [3.8, 4) is 0 Å². The van der Waals surface area contributed by atoms with Crippen LogP contribution < -0.4 is 0 Å². The molecule has 4 fully saturated rings. The van der Waals surface area contributed by atoms with Crippen molar-refractivity contribution in [2.45, 2.75) is 58.0 Å². The first kappa shape index (κ1) is 9.21. The number of hydrogen-bond acceptors (Lipinski definition) is 0. The lowest BCUT2D eigenvalue weighted by molar-refractivity contribution is -0.188. The zero-order chi connectivity index (χ0) is 9.97. The standard InChI is InChI=1S/C13H21O/c1-12(2,14)13-6-9-3-10(7-13)5-11(4-9)8-13/h9-11H,3-8H2,1-2H3. The summed E-state index contributed by atoms with van der Waals surface area (Å²) < 4.78 is 0. The molecule has 4 bridgehead atoms. The molecule has 79 valence electrons. The molecule has 14 heavy (non-hydrogen) atoms. The molecule has 0 unspecified atom stereocenters. The third kappa shape index (κ3) is 1.11. The molecule has 0 amide bonds. The molecule has 0 N–H and O–H groups in total. The van der Waals surface area contributed by atoms with Gasteiger partial charge in [0.25, 0.3) is 0 Å². The van der Waals surface area contributed by atoms with Crippen LogP contribution in [0.2, 0.25) is 0 Å². The van der Waals surface area contributed by atoms with Gasteiger partial charge in [0.1, 0.15) is 5.60 Å². The van der Waals surface area contributed by atoms with Crippen LogP contribution in [0, 0.1) is 23.2 Å². The summed E-state index contributed by atoms with van der Waals surface area (Å²) in [6.45, 7) is 3.86. The smallest absolute Gasteiger partial charge is 0.104 e. The highest BCUT2D eigenvalue weighted by Gasteiger charge is 2.57. The van der Waals surface area contributed by atoms with Crippen molar-refractivity contribution in [1.82, 2.24) is 0 Å². The first-order chi connectivity index (χ1) is 6.48. The zero-order valence-corrected chi connectivity index (χ0v) is 9.38. The minimum absolute atomic E-state index is 0.182. The largest absolute Gasteiger partial charge is 0.229 e. The van der Waals surface area contributed by atoms with Gasteiger partial charge in [-0.2, -0.15) is 0 Å². The van der Waals surface area contributed by atoms with Gasteiger partial charge < -0.3 is 0 Å². The summed E-state index contributed by atoms with van der Waals surface area (Å²) in [5.41, 5.74) is -0.509. The Hall–Kier alpha value is -0.0400. The fourth-order valence-corrected chi connectivity index (χ4v) is 4.85. The number of hydrogen-bond donors (Lipinski definition) is 0. The highest BCUT2D eigenvalue weighted by molar-refractivity contribution is 5.07. The van der Waals surface area contributed by atoms with E-state index in [0.29, 0.717) is 0 Å². The van der Waals surface area contributed by atoms with Gasteiger partial charge >= 0.3 is 0 Å². The van der Waals surface area contributed by atoms with E-state index in [4.69, 9.17) is 0 Å². The van der Waals surface area contributed by atoms with Gasteiger partial charge in [-0.05, 0) is 70.1 Å². The van der Waals surface area contributed by atoms with Crippen LogP contribution in [0.3, 0.4) is 0 Å². The Balaban J connectivity index is 1.95. The first-order valence-corrected chi connectivity index (χ1v) is 6.19. The van der Waals surface area contributed by atoms with Crippen LogP contribution in [-0.2, 0) is 5.11 Å². The summed E-state index contributed by atoms with van der Waals surface area (Å²) in [6.07, 6.45) is 8.06. The second-order valence-electron chi connectivity index (χ2n) is 6.71. The van der Waals surface area contributed by atoms with E-state index in [2.05, 4.69) is 0 Å². The molecule has 0 saturated heterocycles. The average molecular weight is 193 g/mol. The van der Waals surface area contributed by atoms with Gasteiger partial charge in [-0.25, -0.2) is 5.11 Å². The van der Waals surface area contributed by atoms with Gasteiger partial charge in [0, 0.05) is 5.41 Å². The van der Waals surface area contributed by atoms with Crippen molar-refractivity contribution in [2.75, 3.05) is 0 Å². The van der Waals surface area contributed by atoms with Crippen LogP contribution >= 0.6 is 0 Å². The van der Waals surface area contributed by atoms with Crippen molar-refractivity contribution < 1.29 is 5.11 Å². The summed E-state index contributed by atoms with van der Waals surface area (Å²) in [6, 6.07) is 0. The van der Waals surface area contributed by atoms with E-state index in [1.165, 1.54) is 38.5 Å². The molecular formula is C13H21O. The summed E-state index contributed by atoms with van der Waals surface area (Å²) in [5, 5.41) is 12.4. The second kappa shape index (κ2) is 2.55. The van der Waals surface area contributed by atoms with E-state index in [0.717, 1.165) is 17.8 Å². The fourth-order valence-electron chi connectivity index (χ4n) is 4.85. The van der Waals surface area contributed by atoms with Crippen LogP contribution in [0.4, 0.5) is 0 Å². The molecular weight excluding hydrogens is 172 g/mol. The molecule has 0 aliphatic heterocycles. The van der Waals surface area contributed by atoms with Crippen molar-refractivity contribution in [1.29, 1.82) is 0 Å². The normalized spacial score (nSPS) is 51.2. The molecule has 0 spiro atoms. The van der Waals surface area contributed by atoms with E-state index in [-0.39, 0.29) is 5.41 Å². The summed E-state index contributed by atoms with van der Waals surface area (Å²) in [5.74, 6) is 2.73. The molecule has 1 nitrogen and oxygen atoms in total. The average Bonchev–Trinajstić information content (AvgIpc) is 1.98. The summed E-state index contributed by atoms with van der Waals surface area (Å²) in [7, 11) is 0. The maximum absolute atomic E-state index is 12.4. The lowest BCUT2D eigenvalue weighted by Gasteiger charge is -2.60. The minimum Gasteiger partial charge on any atom is -0.229 e. The van der Waals surface area contributed by atoms with Crippen LogP contribution in [0.5, 0.6) is 0 Å². The van der Waals surface area contributed by atoms with E-state index in [9.17, 15) is 5.11 Å². The topological polar surface area (TPSA) is 19.9 Å². The molecule has 4 saturated carbocycles. The molecule has 0 aromatic carbocycles. The van der Waals surface area contributed by atoms with Gasteiger partial charge in [-0.3, -0.25) is 0 Å². The summed E-state index contributed by atoms with van der Waals surface area (Å²) in [4.78, 5) is 0. The molecule has 4 aliphatic carbocycles. The van der Waals surface area contributed by atoms with Gasteiger partial charge in [0.15, 0.2) is 0 Å². The predicted octanol–water partition coefficient (Wildman–Crippen LogP) is 3.41. The lowest BCUT2D eigenvalue weighted by Crippen LogP contribution is -2.55. The Bertz CT molecular complexity index is 213. The van der Waals surface area contributed by atoms with E-state index in [1.807, 2.05) is 13.8 Å². The Kier molecular flexibility index (Phi) is 1.68. The maximum atomic E-state index is 12.4. The third-order valence-electron chi connectivity index (χ3n) is 5.32. The predicted molar refractivity (Wildman–Crippen MR) is 55.4 cm³/mol. The fraction of sp³-hybridized carbons (Fsp3) is 1.00. The van der Waals surface area contributed by atoms with Gasteiger partial charge in [0.05, 0.1) is 0 Å². The molecule has 1 heteroatoms. The third-order valence-corrected chi connectivity index (χ3v) is 5.32. The zero-order valence-electron chi connectivity index (χ0n) is 9.38. The molecule has 1 radical (unpaired) electrons. The molecule has 0 aromatic heterocycles. The molecule has 0 aromatic rings. The Morgan fingerprint density at radius 3 is 1.57 bits per heavy atom. The van der Waals surface area contributed by atoms with E-state index < -0.39 is 5.60 Å². The molecule has 0 heterocycles. The lowest BCUT2D eigenvalue weighted by atomic mass is 9.46. The van der Waals surface area contributed by atoms with E-state index in [1.54, 1.807) is 0 Å².